The lowest BCUT2D eigenvalue weighted by atomic mass is 9.80. The molecular formula is C19H23N2+. The molecule has 1 aromatic carbocycles. The van der Waals surface area contributed by atoms with Gasteiger partial charge < -0.3 is 9.88 Å². The molecule has 1 saturated heterocycles. The number of aromatic amines is 1. The molecule has 1 unspecified atom stereocenters. The van der Waals surface area contributed by atoms with Gasteiger partial charge in [-0.05, 0) is 30.9 Å². The zero-order chi connectivity index (χ0) is 13.8. The van der Waals surface area contributed by atoms with E-state index in [2.05, 4.69) is 41.4 Å². The Morgan fingerprint density at radius 2 is 2.00 bits per heavy atom. The van der Waals surface area contributed by atoms with E-state index in [0.29, 0.717) is 6.04 Å². The van der Waals surface area contributed by atoms with Crippen molar-refractivity contribution in [1.29, 1.82) is 0 Å². The van der Waals surface area contributed by atoms with E-state index in [0.717, 1.165) is 11.8 Å². The van der Waals surface area contributed by atoms with Crippen LogP contribution >= 0.6 is 0 Å². The van der Waals surface area contributed by atoms with E-state index in [1.807, 2.05) is 4.90 Å². The van der Waals surface area contributed by atoms with Crippen LogP contribution in [0, 0.1) is 11.8 Å². The average Bonchev–Trinajstić information content (AvgIpc) is 3.00. The Morgan fingerprint density at radius 3 is 3.00 bits per heavy atom. The highest BCUT2D eigenvalue weighted by Crippen LogP contribution is 2.41. The minimum Gasteiger partial charge on any atom is -0.353 e. The number of benzene rings is 1. The molecular weight excluding hydrogens is 256 g/mol. The number of hydrogen-bond donors (Lipinski definition) is 2. The van der Waals surface area contributed by atoms with E-state index < -0.39 is 0 Å². The summed E-state index contributed by atoms with van der Waals surface area (Å²) in [5, 5.41) is 1.48. The summed E-state index contributed by atoms with van der Waals surface area (Å²) in [6, 6.07) is 9.61. The van der Waals surface area contributed by atoms with Crippen molar-refractivity contribution in [1.82, 2.24) is 4.98 Å². The predicted octanol–water partition coefficient (Wildman–Crippen LogP) is 2.64. The van der Waals surface area contributed by atoms with Crippen LogP contribution in [0.25, 0.3) is 10.9 Å². The highest BCUT2D eigenvalue weighted by molar-refractivity contribution is 5.84. The molecule has 3 heterocycles. The number of para-hydroxylation sites is 1. The summed E-state index contributed by atoms with van der Waals surface area (Å²) in [6.45, 7) is 2.74. The first-order chi connectivity index (χ1) is 10.4. The molecule has 2 aliphatic heterocycles. The van der Waals surface area contributed by atoms with Crippen molar-refractivity contribution in [2.75, 3.05) is 13.1 Å². The summed E-state index contributed by atoms with van der Waals surface area (Å²) < 4.78 is 0. The fraction of sp³-hybridized carbons (Fsp3) is 0.474. The summed E-state index contributed by atoms with van der Waals surface area (Å²) in [4.78, 5) is 5.66. The fourth-order valence-electron chi connectivity index (χ4n) is 5.22. The van der Waals surface area contributed by atoms with Crippen LogP contribution in [0.2, 0.25) is 0 Å². The molecule has 2 aromatic rings. The Kier molecular flexibility index (Phi) is 2.57. The van der Waals surface area contributed by atoms with Gasteiger partial charge in [0, 0.05) is 29.2 Å². The van der Waals surface area contributed by atoms with Gasteiger partial charge in [0.1, 0.15) is 6.04 Å². The Labute approximate surface area is 125 Å². The number of quaternary nitrogens is 1. The smallest absolute Gasteiger partial charge is 0.132 e. The number of fused-ring (bicyclic) bond motifs is 7. The number of aromatic nitrogens is 1. The number of rotatable bonds is 0. The Morgan fingerprint density at radius 1 is 1.10 bits per heavy atom. The van der Waals surface area contributed by atoms with Crippen LogP contribution in [-0.2, 0) is 6.42 Å². The maximum atomic E-state index is 3.82. The van der Waals surface area contributed by atoms with Gasteiger partial charge >= 0.3 is 0 Å². The van der Waals surface area contributed by atoms with Gasteiger partial charge in [-0.2, -0.15) is 0 Å². The number of allylic oxidation sites excluding steroid dienone is 2. The fourth-order valence-corrected chi connectivity index (χ4v) is 5.22. The molecule has 0 amide bonds. The highest BCUT2D eigenvalue weighted by Gasteiger charge is 2.48. The minimum atomic E-state index is 0.713. The van der Waals surface area contributed by atoms with Crippen LogP contribution in [-0.4, -0.2) is 18.1 Å². The zero-order valence-corrected chi connectivity index (χ0v) is 12.4. The van der Waals surface area contributed by atoms with Gasteiger partial charge in [-0.15, -0.1) is 0 Å². The quantitative estimate of drug-likeness (QED) is 0.692. The number of hydrogen-bond acceptors (Lipinski definition) is 0. The van der Waals surface area contributed by atoms with Gasteiger partial charge in [0.05, 0.1) is 18.8 Å². The molecule has 21 heavy (non-hydrogen) atoms. The van der Waals surface area contributed by atoms with Gasteiger partial charge in [0.25, 0.3) is 0 Å². The Bertz CT molecular complexity index is 711. The molecule has 0 bridgehead atoms. The molecule has 2 heteroatoms. The third kappa shape index (κ3) is 1.69. The second-order valence-electron chi connectivity index (χ2n) is 7.12. The lowest BCUT2D eigenvalue weighted by Gasteiger charge is -2.24. The summed E-state index contributed by atoms with van der Waals surface area (Å²) in [5.74, 6) is 1.77. The molecule has 1 aromatic heterocycles. The molecule has 1 aliphatic carbocycles. The van der Waals surface area contributed by atoms with Crippen molar-refractivity contribution in [2.24, 2.45) is 11.8 Å². The standard InChI is InChI=1S/C19H22N2/c1-2-7-14-13(6-1)12-21-11-5-9-16-15-8-3-4-10-17(15)20-18(16)19(14)21/h1-4,8,10,13-14,19-20H,5-7,9,11-12H2/p+1/t13-,14+,19+/m1/s1. The summed E-state index contributed by atoms with van der Waals surface area (Å²) in [6.07, 6.45) is 10.0. The van der Waals surface area contributed by atoms with Crippen LogP contribution in [0.5, 0.6) is 0 Å². The third-order valence-electron chi connectivity index (χ3n) is 6.09. The Balaban J connectivity index is 1.69. The van der Waals surface area contributed by atoms with Crippen molar-refractivity contribution >= 4 is 10.9 Å². The number of aryl methyl sites for hydroxylation is 1. The molecule has 2 N–H and O–H groups in total. The predicted molar refractivity (Wildman–Crippen MR) is 85.4 cm³/mol. The van der Waals surface area contributed by atoms with Gasteiger partial charge in [0.2, 0.25) is 0 Å². The molecule has 0 radical (unpaired) electrons. The lowest BCUT2D eigenvalue weighted by molar-refractivity contribution is -0.921. The van der Waals surface area contributed by atoms with Crippen LogP contribution in [0.15, 0.2) is 36.4 Å². The maximum Gasteiger partial charge on any atom is 0.132 e. The molecule has 0 saturated carbocycles. The van der Waals surface area contributed by atoms with Crippen LogP contribution in [0.4, 0.5) is 0 Å². The summed E-state index contributed by atoms with van der Waals surface area (Å²) in [5.41, 5.74) is 4.55. The first-order valence-corrected chi connectivity index (χ1v) is 8.51. The third-order valence-corrected chi connectivity index (χ3v) is 6.09. The van der Waals surface area contributed by atoms with Crippen molar-refractivity contribution in [3.8, 4) is 0 Å². The van der Waals surface area contributed by atoms with Crippen molar-refractivity contribution in [3.05, 3.63) is 47.7 Å². The van der Waals surface area contributed by atoms with Crippen molar-refractivity contribution < 1.29 is 4.90 Å². The van der Waals surface area contributed by atoms with E-state index in [1.165, 1.54) is 49.7 Å². The van der Waals surface area contributed by atoms with E-state index in [-0.39, 0.29) is 0 Å². The van der Waals surface area contributed by atoms with E-state index in [1.54, 1.807) is 11.3 Å². The molecule has 0 spiro atoms. The molecule has 5 rings (SSSR count). The van der Waals surface area contributed by atoms with Crippen molar-refractivity contribution in [3.63, 3.8) is 0 Å². The lowest BCUT2D eigenvalue weighted by Crippen LogP contribution is -3.10. The van der Waals surface area contributed by atoms with Gasteiger partial charge in [-0.3, -0.25) is 0 Å². The second-order valence-corrected chi connectivity index (χ2v) is 7.12. The monoisotopic (exact) mass is 279 g/mol. The van der Waals surface area contributed by atoms with Crippen LogP contribution in [0.3, 0.4) is 0 Å². The number of H-pyrrole nitrogens is 1. The first-order valence-electron chi connectivity index (χ1n) is 8.51. The largest absolute Gasteiger partial charge is 0.353 e. The van der Waals surface area contributed by atoms with E-state index in [4.69, 9.17) is 0 Å². The van der Waals surface area contributed by atoms with Gasteiger partial charge in [-0.25, -0.2) is 0 Å². The molecule has 2 nitrogen and oxygen atoms in total. The van der Waals surface area contributed by atoms with Gasteiger partial charge in [0.15, 0.2) is 0 Å². The minimum absolute atomic E-state index is 0.713. The average molecular weight is 279 g/mol. The van der Waals surface area contributed by atoms with Gasteiger partial charge in [-0.1, -0.05) is 30.4 Å². The first kappa shape index (κ1) is 12.0. The topological polar surface area (TPSA) is 20.2 Å². The molecule has 4 atom stereocenters. The molecule has 108 valence electrons. The normalized spacial score (nSPS) is 34.3. The molecule has 1 fully saturated rings. The summed E-state index contributed by atoms with van der Waals surface area (Å²) in [7, 11) is 0. The van der Waals surface area contributed by atoms with Crippen LogP contribution in [0.1, 0.15) is 36.6 Å². The van der Waals surface area contributed by atoms with Crippen molar-refractivity contribution in [2.45, 2.75) is 31.7 Å². The SMILES string of the molecule is C1=CC[C@H]2[C@H](C1)C[NH+]1CCCc3c([nH]c4ccccc34)[C@H]21. The highest BCUT2D eigenvalue weighted by atomic mass is 15.2. The Hall–Kier alpha value is -1.54. The van der Waals surface area contributed by atoms with Crippen LogP contribution < -0.4 is 4.90 Å². The summed E-state index contributed by atoms with van der Waals surface area (Å²) >= 11 is 0. The molecule has 3 aliphatic rings. The van der Waals surface area contributed by atoms with E-state index >= 15 is 0 Å². The number of nitrogens with one attached hydrogen (secondary N) is 2. The second kappa shape index (κ2) is 4.48. The maximum absolute atomic E-state index is 3.82. The zero-order valence-electron chi connectivity index (χ0n) is 12.4. The van der Waals surface area contributed by atoms with E-state index in [9.17, 15) is 0 Å².